The monoisotopic (exact) mass is 249 g/mol. The van der Waals surface area contributed by atoms with Gasteiger partial charge in [-0.05, 0) is 23.3 Å². The molecular weight excluding hydrogens is 234 g/mol. The topological polar surface area (TPSA) is 40.7 Å². The summed E-state index contributed by atoms with van der Waals surface area (Å²) in [6, 6.07) is 18.8. The molecule has 3 rings (SSSR count). The van der Waals surface area contributed by atoms with Gasteiger partial charge in [0.1, 0.15) is 0 Å². The first-order valence-electron chi connectivity index (χ1n) is 6.28. The molecule has 3 aromatic rings. The van der Waals surface area contributed by atoms with E-state index >= 15 is 0 Å². The molecule has 1 heterocycles. The van der Waals surface area contributed by atoms with Crippen molar-refractivity contribution in [2.45, 2.75) is 6.54 Å². The van der Waals surface area contributed by atoms with E-state index in [1.54, 1.807) is 6.33 Å². The summed E-state index contributed by atoms with van der Waals surface area (Å²) in [5.41, 5.74) is 4.65. The second-order valence-electron chi connectivity index (χ2n) is 4.37. The van der Waals surface area contributed by atoms with Gasteiger partial charge < -0.3 is 10.3 Å². The molecule has 0 atom stereocenters. The van der Waals surface area contributed by atoms with Crippen LogP contribution in [0.25, 0.3) is 11.1 Å². The van der Waals surface area contributed by atoms with Gasteiger partial charge in [-0.1, -0.05) is 42.5 Å². The maximum atomic E-state index is 3.99. The minimum atomic E-state index is 0.755. The number of hydrogen-bond donors (Lipinski definition) is 2. The van der Waals surface area contributed by atoms with Crippen molar-refractivity contribution in [1.82, 2.24) is 9.97 Å². The van der Waals surface area contributed by atoms with Gasteiger partial charge in [0.25, 0.3) is 0 Å². The Labute approximate surface area is 112 Å². The number of aromatic amines is 1. The molecule has 0 saturated carbocycles. The zero-order valence-electron chi connectivity index (χ0n) is 10.5. The lowest BCUT2D eigenvalue weighted by molar-refractivity contribution is 1.07. The molecule has 0 unspecified atom stereocenters. The fraction of sp³-hybridized carbons (Fsp3) is 0.0625. The number of imidazole rings is 1. The van der Waals surface area contributed by atoms with Crippen molar-refractivity contribution < 1.29 is 0 Å². The minimum absolute atomic E-state index is 0.755. The first kappa shape index (κ1) is 11.5. The van der Waals surface area contributed by atoms with Crippen LogP contribution in [0, 0.1) is 0 Å². The molecule has 94 valence electrons. The van der Waals surface area contributed by atoms with Crippen LogP contribution in [0.15, 0.2) is 67.1 Å². The van der Waals surface area contributed by atoms with Crippen LogP contribution in [-0.2, 0) is 6.54 Å². The molecule has 0 aliphatic heterocycles. The van der Waals surface area contributed by atoms with Crippen LogP contribution in [0.4, 0.5) is 5.69 Å². The molecule has 0 amide bonds. The van der Waals surface area contributed by atoms with Crippen LogP contribution in [-0.4, -0.2) is 9.97 Å². The Hall–Kier alpha value is -2.55. The van der Waals surface area contributed by atoms with E-state index in [1.165, 1.54) is 11.1 Å². The van der Waals surface area contributed by atoms with Crippen molar-refractivity contribution in [3.8, 4) is 11.1 Å². The van der Waals surface area contributed by atoms with Gasteiger partial charge in [0.2, 0.25) is 0 Å². The third-order valence-corrected chi connectivity index (χ3v) is 3.03. The van der Waals surface area contributed by atoms with Crippen molar-refractivity contribution in [3.05, 3.63) is 72.8 Å². The molecule has 19 heavy (non-hydrogen) atoms. The van der Waals surface area contributed by atoms with Crippen LogP contribution in [0.1, 0.15) is 5.69 Å². The zero-order valence-corrected chi connectivity index (χ0v) is 10.5. The molecule has 0 radical (unpaired) electrons. The number of hydrogen-bond acceptors (Lipinski definition) is 2. The molecule has 3 nitrogen and oxygen atoms in total. The maximum absolute atomic E-state index is 3.99. The third kappa shape index (κ3) is 2.83. The predicted molar refractivity (Wildman–Crippen MR) is 77.8 cm³/mol. The van der Waals surface area contributed by atoms with Crippen molar-refractivity contribution in [3.63, 3.8) is 0 Å². The highest BCUT2D eigenvalue weighted by Crippen LogP contribution is 2.21. The second kappa shape index (κ2) is 5.40. The van der Waals surface area contributed by atoms with E-state index in [9.17, 15) is 0 Å². The number of nitrogens with zero attached hydrogens (tertiary/aromatic N) is 1. The van der Waals surface area contributed by atoms with Gasteiger partial charge in [-0.3, -0.25) is 0 Å². The molecule has 2 N–H and O–H groups in total. The Balaban J connectivity index is 1.69. The lowest BCUT2D eigenvalue weighted by Crippen LogP contribution is -1.99. The van der Waals surface area contributed by atoms with Gasteiger partial charge >= 0.3 is 0 Å². The number of nitrogens with one attached hydrogen (secondary N) is 2. The van der Waals surface area contributed by atoms with Crippen LogP contribution in [0.5, 0.6) is 0 Å². The zero-order chi connectivity index (χ0) is 12.9. The first-order chi connectivity index (χ1) is 9.42. The summed E-state index contributed by atoms with van der Waals surface area (Å²) in [7, 11) is 0. The summed E-state index contributed by atoms with van der Waals surface area (Å²) < 4.78 is 0. The summed E-state index contributed by atoms with van der Waals surface area (Å²) in [4.78, 5) is 7.06. The Morgan fingerprint density at radius 1 is 0.895 bits per heavy atom. The summed E-state index contributed by atoms with van der Waals surface area (Å²) >= 11 is 0. The largest absolute Gasteiger partial charge is 0.379 e. The van der Waals surface area contributed by atoms with Crippen LogP contribution in [0.2, 0.25) is 0 Å². The molecule has 3 heteroatoms. The Bertz CT molecular complexity index is 613. The summed E-state index contributed by atoms with van der Waals surface area (Å²) in [5, 5.41) is 3.35. The average molecular weight is 249 g/mol. The number of benzene rings is 2. The standard InChI is InChI=1S/C16H15N3/c1-2-4-13(5-3-1)14-6-8-15(9-7-14)18-11-16-10-17-12-19-16/h1-10,12,18H,11H2,(H,17,19). The predicted octanol–water partition coefficient (Wildman–Crippen LogP) is 3.69. The molecule has 1 aromatic heterocycles. The van der Waals surface area contributed by atoms with Crippen molar-refractivity contribution >= 4 is 5.69 Å². The SMILES string of the molecule is c1ccc(-c2ccc(NCc3cnc[nH]3)cc2)cc1. The van der Waals surface area contributed by atoms with E-state index in [4.69, 9.17) is 0 Å². The highest BCUT2D eigenvalue weighted by atomic mass is 14.9. The van der Waals surface area contributed by atoms with Crippen LogP contribution < -0.4 is 5.32 Å². The number of H-pyrrole nitrogens is 1. The van der Waals surface area contributed by atoms with Crippen molar-refractivity contribution in [2.75, 3.05) is 5.32 Å². The Morgan fingerprint density at radius 3 is 2.32 bits per heavy atom. The molecule has 2 aromatic carbocycles. The molecule has 0 saturated heterocycles. The van der Waals surface area contributed by atoms with E-state index in [-0.39, 0.29) is 0 Å². The highest BCUT2D eigenvalue weighted by molar-refractivity contribution is 5.65. The molecule has 0 fully saturated rings. The first-order valence-corrected chi connectivity index (χ1v) is 6.28. The lowest BCUT2D eigenvalue weighted by Gasteiger charge is -2.06. The highest BCUT2D eigenvalue weighted by Gasteiger charge is 1.98. The van der Waals surface area contributed by atoms with E-state index in [0.29, 0.717) is 0 Å². The normalized spacial score (nSPS) is 10.3. The summed E-state index contributed by atoms with van der Waals surface area (Å²) in [6.07, 6.45) is 3.51. The lowest BCUT2D eigenvalue weighted by atomic mass is 10.1. The van der Waals surface area contributed by atoms with Crippen molar-refractivity contribution in [1.29, 1.82) is 0 Å². The van der Waals surface area contributed by atoms with Crippen molar-refractivity contribution in [2.24, 2.45) is 0 Å². The number of rotatable bonds is 4. The van der Waals surface area contributed by atoms with E-state index in [1.807, 2.05) is 12.3 Å². The quantitative estimate of drug-likeness (QED) is 0.740. The van der Waals surface area contributed by atoms with Gasteiger partial charge in [0.15, 0.2) is 0 Å². The third-order valence-electron chi connectivity index (χ3n) is 3.03. The smallest absolute Gasteiger partial charge is 0.0922 e. The van der Waals surface area contributed by atoms with Gasteiger partial charge in [0, 0.05) is 11.9 Å². The molecule has 0 spiro atoms. The van der Waals surface area contributed by atoms with Gasteiger partial charge in [-0.2, -0.15) is 0 Å². The Morgan fingerprint density at radius 2 is 1.63 bits per heavy atom. The van der Waals surface area contributed by atoms with Gasteiger partial charge in [-0.25, -0.2) is 4.98 Å². The van der Waals surface area contributed by atoms with E-state index in [0.717, 1.165) is 17.9 Å². The number of anilines is 1. The van der Waals surface area contributed by atoms with Crippen LogP contribution in [0.3, 0.4) is 0 Å². The summed E-state index contributed by atoms with van der Waals surface area (Å²) in [6.45, 7) is 0.755. The van der Waals surface area contributed by atoms with Crippen LogP contribution >= 0.6 is 0 Å². The Kier molecular flexibility index (Phi) is 3.28. The average Bonchev–Trinajstić information content (AvgIpc) is 3.00. The molecular formula is C16H15N3. The van der Waals surface area contributed by atoms with Gasteiger partial charge in [0.05, 0.1) is 18.6 Å². The fourth-order valence-corrected chi connectivity index (χ4v) is 1.99. The minimum Gasteiger partial charge on any atom is -0.379 e. The van der Waals surface area contributed by atoms with Gasteiger partial charge in [-0.15, -0.1) is 0 Å². The fourth-order valence-electron chi connectivity index (χ4n) is 1.99. The second-order valence-corrected chi connectivity index (χ2v) is 4.37. The molecule has 0 bridgehead atoms. The maximum Gasteiger partial charge on any atom is 0.0922 e. The summed E-state index contributed by atoms with van der Waals surface area (Å²) in [5.74, 6) is 0. The molecule has 0 aliphatic rings. The molecule has 0 aliphatic carbocycles. The van der Waals surface area contributed by atoms with E-state index < -0.39 is 0 Å². The van der Waals surface area contributed by atoms with E-state index in [2.05, 4.69) is 63.8 Å². The number of aromatic nitrogens is 2.